The Bertz CT molecular complexity index is 293. The molecule has 0 saturated carbocycles. The van der Waals surface area contributed by atoms with Gasteiger partial charge in [-0.2, -0.15) is 0 Å². The molecule has 1 aromatic carbocycles. The Morgan fingerprint density at radius 2 is 2.31 bits per heavy atom. The van der Waals surface area contributed by atoms with Crippen molar-refractivity contribution in [2.24, 2.45) is 5.84 Å². The molecule has 3 N–H and O–H groups in total. The van der Waals surface area contributed by atoms with Gasteiger partial charge >= 0.3 is 0 Å². The van der Waals surface area contributed by atoms with E-state index in [1.165, 1.54) is 6.07 Å². The van der Waals surface area contributed by atoms with Gasteiger partial charge in [-0.25, -0.2) is 9.82 Å². The number of hydrazine groups is 1. The van der Waals surface area contributed by atoms with Crippen molar-refractivity contribution in [1.82, 2.24) is 5.43 Å². The van der Waals surface area contributed by atoms with Gasteiger partial charge in [0.2, 0.25) is 0 Å². The number of hydrogen-bond acceptors (Lipinski definition) is 3. The van der Waals surface area contributed by atoms with Crippen LogP contribution in [-0.4, -0.2) is 13.7 Å². The highest BCUT2D eigenvalue weighted by Gasteiger charge is 2.03. The average molecular weight is 204 g/mol. The van der Waals surface area contributed by atoms with Crippen molar-refractivity contribution < 1.29 is 4.39 Å². The first-order valence-corrected chi connectivity index (χ1v) is 4.12. The maximum atomic E-state index is 12.8. The molecule has 5 heteroatoms. The van der Waals surface area contributed by atoms with Crippen LogP contribution >= 0.6 is 11.6 Å². The molecule has 72 valence electrons. The van der Waals surface area contributed by atoms with E-state index in [1.54, 1.807) is 12.1 Å². The van der Waals surface area contributed by atoms with E-state index in [2.05, 4.69) is 5.43 Å². The third-order valence-corrected chi connectivity index (χ3v) is 1.96. The second kappa shape index (κ2) is 4.41. The van der Waals surface area contributed by atoms with Crippen LogP contribution in [0.2, 0.25) is 5.02 Å². The number of nitrogens with zero attached hydrogens (tertiary/aromatic N) is 1. The smallest absolute Gasteiger partial charge is 0.141 e. The highest BCUT2D eigenvalue weighted by molar-refractivity contribution is 6.31. The minimum Gasteiger partial charge on any atom is -0.361 e. The summed E-state index contributed by atoms with van der Waals surface area (Å²) in [5.74, 6) is 4.72. The van der Waals surface area contributed by atoms with E-state index in [9.17, 15) is 4.39 Å². The lowest BCUT2D eigenvalue weighted by molar-refractivity contribution is 0.627. The summed E-state index contributed by atoms with van der Waals surface area (Å²) in [6.07, 6.45) is 0. The minimum atomic E-state index is -0.417. The van der Waals surface area contributed by atoms with Crippen LogP contribution in [0.4, 0.5) is 10.1 Å². The average Bonchev–Trinajstić information content (AvgIpc) is 2.10. The number of hydrogen-bond donors (Lipinski definition) is 2. The Morgan fingerprint density at radius 1 is 1.62 bits per heavy atom. The number of nitrogens with two attached hydrogens (primary N) is 1. The number of rotatable bonds is 3. The number of benzene rings is 1. The first-order chi connectivity index (χ1) is 6.15. The van der Waals surface area contributed by atoms with E-state index >= 15 is 0 Å². The molecule has 3 nitrogen and oxygen atoms in total. The van der Waals surface area contributed by atoms with Crippen molar-refractivity contribution >= 4 is 17.3 Å². The quantitative estimate of drug-likeness (QED) is 0.443. The van der Waals surface area contributed by atoms with E-state index in [0.29, 0.717) is 6.67 Å². The molecule has 0 saturated heterocycles. The summed E-state index contributed by atoms with van der Waals surface area (Å²) in [6.45, 7) is 0.474. The van der Waals surface area contributed by atoms with E-state index in [0.717, 1.165) is 5.69 Å². The lowest BCUT2D eigenvalue weighted by Gasteiger charge is -2.18. The molecule has 1 rings (SSSR count). The molecule has 0 heterocycles. The maximum absolute atomic E-state index is 12.8. The molecule has 0 aliphatic heterocycles. The fourth-order valence-electron chi connectivity index (χ4n) is 0.951. The SMILES string of the molecule is CN(CNN)c1ccc(F)c(Cl)c1. The first kappa shape index (κ1) is 10.2. The molecule has 0 unspecified atom stereocenters. The number of halogens is 2. The van der Waals surface area contributed by atoms with Gasteiger partial charge in [-0.3, -0.25) is 5.84 Å². The molecule has 0 aromatic heterocycles. The summed E-state index contributed by atoms with van der Waals surface area (Å²) < 4.78 is 12.8. The summed E-state index contributed by atoms with van der Waals surface area (Å²) in [5, 5.41) is 0.112. The van der Waals surface area contributed by atoms with Crippen molar-refractivity contribution in [3.05, 3.63) is 29.0 Å². The van der Waals surface area contributed by atoms with Crippen molar-refractivity contribution in [2.75, 3.05) is 18.6 Å². The van der Waals surface area contributed by atoms with E-state index in [4.69, 9.17) is 17.4 Å². The molecule has 0 amide bonds. The van der Waals surface area contributed by atoms with Gasteiger partial charge in [-0.05, 0) is 18.2 Å². The van der Waals surface area contributed by atoms with Gasteiger partial charge in [-0.15, -0.1) is 0 Å². The molecule has 1 aromatic rings. The summed E-state index contributed by atoms with van der Waals surface area (Å²) in [5.41, 5.74) is 3.30. The van der Waals surface area contributed by atoms with E-state index < -0.39 is 5.82 Å². The Morgan fingerprint density at radius 3 is 2.85 bits per heavy atom. The van der Waals surface area contributed by atoms with Crippen LogP contribution in [0.5, 0.6) is 0 Å². The minimum absolute atomic E-state index is 0.112. The van der Waals surface area contributed by atoms with Gasteiger partial charge in [0.15, 0.2) is 0 Å². The normalized spacial score (nSPS) is 10.2. The third-order valence-electron chi connectivity index (χ3n) is 1.67. The van der Waals surface area contributed by atoms with E-state index in [1.807, 2.05) is 11.9 Å². The van der Waals surface area contributed by atoms with Crippen LogP contribution in [0, 0.1) is 5.82 Å². The van der Waals surface area contributed by atoms with Crippen LogP contribution < -0.4 is 16.2 Å². The molecule has 0 aliphatic rings. The molecule has 0 fully saturated rings. The van der Waals surface area contributed by atoms with Gasteiger partial charge in [-0.1, -0.05) is 11.6 Å². The van der Waals surface area contributed by atoms with Gasteiger partial charge in [0, 0.05) is 12.7 Å². The molecular weight excluding hydrogens is 193 g/mol. The third kappa shape index (κ3) is 2.55. The summed E-state index contributed by atoms with van der Waals surface area (Å²) >= 11 is 5.60. The van der Waals surface area contributed by atoms with Gasteiger partial charge < -0.3 is 4.90 Å². The monoisotopic (exact) mass is 203 g/mol. The molecule has 0 radical (unpaired) electrons. The highest BCUT2D eigenvalue weighted by atomic mass is 35.5. The summed E-state index contributed by atoms with van der Waals surface area (Å²) in [4.78, 5) is 1.81. The predicted molar refractivity (Wildman–Crippen MR) is 52.0 cm³/mol. The van der Waals surface area contributed by atoms with Crippen LogP contribution in [0.25, 0.3) is 0 Å². The first-order valence-electron chi connectivity index (χ1n) is 3.75. The molecular formula is C8H11ClFN3. The maximum Gasteiger partial charge on any atom is 0.141 e. The second-order valence-electron chi connectivity index (χ2n) is 2.66. The zero-order valence-electron chi connectivity index (χ0n) is 7.22. The Hall–Kier alpha value is -0.840. The van der Waals surface area contributed by atoms with Crippen LogP contribution in [0.15, 0.2) is 18.2 Å². The molecule has 13 heavy (non-hydrogen) atoms. The largest absolute Gasteiger partial charge is 0.361 e. The lowest BCUT2D eigenvalue weighted by atomic mass is 10.3. The summed E-state index contributed by atoms with van der Waals surface area (Å²) in [6, 6.07) is 4.51. The van der Waals surface area contributed by atoms with Crippen molar-refractivity contribution in [2.45, 2.75) is 0 Å². The predicted octanol–water partition coefficient (Wildman–Crippen LogP) is 1.34. The standard InChI is InChI=1S/C8H11ClFN3/c1-13(5-12-11)6-2-3-8(10)7(9)4-6/h2-4,12H,5,11H2,1H3. The van der Waals surface area contributed by atoms with Gasteiger partial charge in [0.25, 0.3) is 0 Å². The second-order valence-corrected chi connectivity index (χ2v) is 3.07. The highest BCUT2D eigenvalue weighted by Crippen LogP contribution is 2.21. The fourth-order valence-corrected chi connectivity index (χ4v) is 1.13. The van der Waals surface area contributed by atoms with Crippen LogP contribution in [-0.2, 0) is 0 Å². The van der Waals surface area contributed by atoms with Gasteiger partial charge in [0.05, 0.1) is 11.7 Å². The number of anilines is 1. The molecule has 0 bridgehead atoms. The van der Waals surface area contributed by atoms with Crippen LogP contribution in [0.1, 0.15) is 0 Å². The van der Waals surface area contributed by atoms with Crippen molar-refractivity contribution in [3.63, 3.8) is 0 Å². The van der Waals surface area contributed by atoms with Crippen molar-refractivity contribution in [1.29, 1.82) is 0 Å². The Kier molecular flexibility index (Phi) is 3.48. The van der Waals surface area contributed by atoms with Crippen molar-refractivity contribution in [3.8, 4) is 0 Å². The topological polar surface area (TPSA) is 41.3 Å². The lowest BCUT2D eigenvalue weighted by Crippen LogP contribution is -2.35. The zero-order chi connectivity index (χ0) is 9.84. The Labute approximate surface area is 81.2 Å². The van der Waals surface area contributed by atoms with E-state index in [-0.39, 0.29) is 5.02 Å². The summed E-state index contributed by atoms with van der Waals surface area (Å²) in [7, 11) is 1.82. The molecule has 0 atom stereocenters. The Balaban J connectivity index is 2.84. The van der Waals surface area contributed by atoms with Crippen LogP contribution in [0.3, 0.4) is 0 Å². The fraction of sp³-hybridized carbons (Fsp3) is 0.250. The number of nitrogens with one attached hydrogen (secondary N) is 1. The zero-order valence-corrected chi connectivity index (χ0v) is 7.98. The molecule has 0 aliphatic carbocycles. The van der Waals surface area contributed by atoms with Gasteiger partial charge in [0.1, 0.15) is 5.82 Å². The molecule has 0 spiro atoms.